The number of pyridine rings is 1. The summed E-state index contributed by atoms with van der Waals surface area (Å²) in [6.07, 6.45) is 3.86. The zero-order valence-corrected chi connectivity index (χ0v) is 15.3. The predicted molar refractivity (Wildman–Crippen MR) is 103 cm³/mol. The predicted octanol–water partition coefficient (Wildman–Crippen LogP) is 3.12. The van der Waals surface area contributed by atoms with Crippen LogP contribution in [0.15, 0.2) is 53.7 Å². The first-order valence-electron chi connectivity index (χ1n) is 8.66. The summed E-state index contributed by atoms with van der Waals surface area (Å²) in [7, 11) is 0. The van der Waals surface area contributed by atoms with Gasteiger partial charge < -0.3 is 15.5 Å². The molecule has 0 bridgehead atoms. The third kappa shape index (κ3) is 5.49. The molecule has 26 heavy (non-hydrogen) atoms. The molecule has 2 aromatic rings. The van der Waals surface area contributed by atoms with Crippen molar-refractivity contribution < 1.29 is 9.59 Å². The Bertz CT molecular complexity index is 748. The highest BCUT2D eigenvalue weighted by Crippen LogP contribution is 2.22. The van der Waals surface area contributed by atoms with Gasteiger partial charge in [-0.3, -0.25) is 4.79 Å². The van der Waals surface area contributed by atoms with Gasteiger partial charge in [0.05, 0.1) is 11.6 Å². The van der Waals surface area contributed by atoms with E-state index in [4.69, 9.17) is 0 Å². The molecule has 3 amide bonds. The number of carbonyl (C=O) groups excluding carboxylic acids is 2. The molecule has 2 N–H and O–H groups in total. The van der Waals surface area contributed by atoms with Gasteiger partial charge in [-0.2, -0.15) is 0 Å². The highest BCUT2D eigenvalue weighted by atomic mass is 32.2. The van der Waals surface area contributed by atoms with E-state index in [0.717, 1.165) is 42.3 Å². The largest absolute Gasteiger partial charge is 0.341 e. The molecule has 0 saturated carbocycles. The van der Waals surface area contributed by atoms with Gasteiger partial charge in [-0.05, 0) is 42.7 Å². The summed E-state index contributed by atoms with van der Waals surface area (Å²) in [6, 6.07) is 13.1. The van der Waals surface area contributed by atoms with E-state index in [1.165, 1.54) is 0 Å². The van der Waals surface area contributed by atoms with Gasteiger partial charge in [0.2, 0.25) is 5.91 Å². The monoisotopic (exact) mass is 370 g/mol. The molecule has 0 aliphatic carbocycles. The molecule has 0 atom stereocenters. The minimum Gasteiger partial charge on any atom is -0.341 e. The van der Waals surface area contributed by atoms with Crippen LogP contribution in [0, 0.1) is 0 Å². The SMILES string of the molecule is O=C(NCC(=O)N1CCCC1)Nc1cccc(CSc2ccccn2)c1. The lowest BCUT2D eigenvalue weighted by Crippen LogP contribution is -2.40. The fourth-order valence-electron chi connectivity index (χ4n) is 2.74. The first kappa shape index (κ1) is 18.3. The van der Waals surface area contributed by atoms with Crippen LogP contribution in [-0.4, -0.2) is 41.5 Å². The van der Waals surface area contributed by atoms with Gasteiger partial charge in [0.15, 0.2) is 0 Å². The van der Waals surface area contributed by atoms with Crippen molar-refractivity contribution >= 4 is 29.4 Å². The van der Waals surface area contributed by atoms with E-state index < -0.39 is 0 Å². The number of nitrogens with zero attached hydrogens (tertiary/aromatic N) is 2. The lowest BCUT2D eigenvalue weighted by atomic mass is 10.2. The summed E-state index contributed by atoms with van der Waals surface area (Å²) in [4.78, 5) is 30.0. The molecule has 1 saturated heterocycles. The van der Waals surface area contributed by atoms with Crippen LogP contribution in [0.5, 0.6) is 0 Å². The van der Waals surface area contributed by atoms with Crippen LogP contribution >= 0.6 is 11.8 Å². The molecule has 1 aromatic carbocycles. The fourth-order valence-corrected chi connectivity index (χ4v) is 3.54. The third-order valence-corrected chi connectivity index (χ3v) is 5.08. The molecule has 1 fully saturated rings. The third-order valence-electron chi connectivity index (χ3n) is 4.07. The molecule has 7 heteroatoms. The Hall–Kier alpha value is -2.54. The zero-order chi connectivity index (χ0) is 18.2. The standard InChI is InChI=1S/C19H22N4O2S/c24-18(23-10-3-4-11-23)13-21-19(25)22-16-7-5-6-15(12-16)14-26-17-8-1-2-9-20-17/h1-2,5-9,12H,3-4,10-11,13-14H2,(H2,21,22,25). The van der Waals surface area contributed by atoms with Crippen LogP contribution < -0.4 is 10.6 Å². The number of rotatable bonds is 6. The normalized spacial score (nSPS) is 13.5. The van der Waals surface area contributed by atoms with Crippen molar-refractivity contribution in [2.45, 2.75) is 23.6 Å². The number of hydrogen-bond donors (Lipinski definition) is 2. The van der Waals surface area contributed by atoms with Crippen molar-refractivity contribution in [3.63, 3.8) is 0 Å². The average molecular weight is 370 g/mol. The highest BCUT2D eigenvalue weighted by Gasteiger charge is 2.18. The van der Waals surface area contributed by atoms with E-state index in [9.17, 15) is 9.59 Å². The Morgan fingerprint density at radius 3 is 2.73 bits per heavy atom. The van der Waals surface area contributed by atoms with Crippen LogP contribution in [0.25, 0.3) is 0 Å². The zero-order valence-electron chi connectivity index (χ0n) is 14.5. The Morgan fingerprint density at radius 2 is 1.96 bits per heavy atom. The second kappa shape index (κ2) is 9.24. The number of hydrogen-bond acceptors (Lipinski definition) is 4. The first-order chi connectivity index (χ1) is 12.7. The maximum absolute atomic E-state index is 12.0. The van der Waals surface area contributed by atoms with Gasteiger partial charge in [0.25, 0.3) is 0 Å². The molecule has 0 spiro atoms. The van der Waals surface area contributed by atoms with E-state index >= 15 is 0 Å². The van der Waals surface area contributed by atoms with Gasteiger partial charge in [-0.15, -0.1) is 11.8 Å². The molecular formula is C19H22N4O2S. The minimum absolute atomic E-state index is 0.0288. The summed E-state index contributed by atoms with van der Waals surface area (Å²) in [6.45, 7) is 1.61. The van der Waals surface area contributed by atoms with Gasteiger partial charge in [-0.1, -0.05) is 18.2 Å². The maximum atomic E-state index is 12.0. The topological polar surface area (TPSA) is 74.3 Å². The lowest BCUT2D eigenvalue weighted by molar-refractivity contribution is -0.128. The van der Waals surface area contributed by atoms with E-state index in [1.54, 1.807) is 22.9 Å². The number of carbonyl (C=O) groups is 2. The summed E-state index contributed by atoms with van der Waals surface area (Å²) in [5.74, 6) is 0.736. The maximum Gasteiger partial charge on any atom is 0.319 e. The van der Waals surface area contributed by atoms with Crippen molar-refractivity contribution in [2.75, 3.05) is 25.0 Å². The molecule has 6 nitrogen and oxygen atoms in total. The Labute approximate surface area is 157 Å². The molecule has 3 rings (SSSR count). The number of anilines is 1. The number of thioether (sulfide) groups is 1. The molecule has 1 aromatic heterocycles. The van der Waals surface area contributed by atoms with Crippen molar-refractivity contribution in [2.24, 2.45) is 0 Å². The second-order valence-electron chi connectivity index (χ2n) is 6.05. The van der Waals surface area contributed by atoms with Gasteiger partial charge in [0, 0.05) is 30.7 Å². The number of benzene rings is 1. The summed E-state index contributed by atoms with van der Waals surface area (Å²) >= 11 is 1.64. The number of amides is 3. The van der Waals surface area contributed by atoms with Gasteiger partial charge >= 0.3 is 6.03 Å². The van der Waals surface area contributed by atoms with Crippen molar-refractivity contribution in [1.29, 1.82) is 0 Å². The number of nitrogens with one attached hydrogen (secondary N) is 2. The molecular weight excluding hydrogens is 348 g/mol. The van der Waals surface area contributed by atoms with Gasteiger partial charge in [-0.25, -0.2) is 9.78 Å². The Morgan fingerprint density at radius 1 is 1.12 bits per heavy atom. The van der Waals surface area contributed by atoms with Crippen molar-refractivity contribution in [3.8, 4) is 0 Å². The number of likely N-dealkylation sites (tertiary alicyclic amines) is 1. The molecule has 1 aliphatic rings. The van der Waals surface area contributed by atoms with E-state index in [0.29, 0.717) is 5.69 Å². The molecule has 0 unspecified atom stereocenters. The summed E-state index contributed by atoms with van der Waals surface area (Å²) in [5, 5.41) is 6.37. The first-order valence-corrected chi connectivity index (χ1v) is 9.65. The minimum atomic E-state index is -0.368. The van der Waals surface area contributed by atoms with Crippen LogP contribution in [0.3, 0.4) is 0 Å². The van der Waals surface area contributed by atoms with Crippen LogP contribution in [0.4, 0.5) is 10.5 Å². The smallest absolute Gasteiger partial charge is 0.319 e. The van der Waals surface area contributed by atoms with E-state index in [2.05, 4.69) is 15.6 Å². The lowest BCUT2D eigenvalue weighted by Gasteiger charge is -2.15. The van der Waals surface area contributed by atoms with Crippen molar-refractivity contribution in [1.82, 2.24) is 15.2 Å². The molecule has 1 aliphatic heterocycles. The van der Waals surface area contributed by atoms with E-state index in [1.807, 2.05) is 42.5 Å². The van der Waals surface area contributed by atoms with E-state index in [-0.39, 0.29) is 18.5 Å². The quantitative estimate of drug-likeness (QED) is 0.766. The molecule has 136 valence electrons. The van der Waals surface area contributed by atoms with Crippen LogP contribution in [0.2, 0.25) is 0 Å². The molecule has 2 heterocycles. The molecule has 0 radical (unpaired) electrons. The second-order valence-corrected chi connectivity index (χ2v) is 7.05. The van der Waals surface area contributed by atoms with Crippen LogP contribution in [-0.2, 0) is 10.5 Å². The average Bonchev–Trinajstić information content (AvgIpc) is 3.20. The van der Waals surface area contributed by atoms with Crippen LogP contribution in [0.1, 0.15) is 18.4 Å². The van der Waals surface area contributed by atoms with Crippen molar-refractivity contribution in [3.05, 3.63) is 54.2 Å². The highest BCUT2D eigenvalue weighted by molar-refractivity contribution is 7.98. The Kier molecular flexibility index (Phi) is 6.49. The van der Waals surface area contributed by atoms with Gasteiger partial charge in [0.1, 0.15) is 0 Å². The fraction of sp³-hybridized carbons (Fsp3) is 0.316. The summed E-state index contributed by atoms with van der Waals surface area (Å²) < 4.78 is 0. The number of aromatic nitrogens is 1. The summed E-state index contributed by atoms with van der Waals surface area (Å²) in [5.41, 5.74) is 1.79. The Balaban J connectivity index is 1.46. The number of urea groups is 1.